The van der Waals surface area contributed by atoms with Gasteiger partial charge in [-0.2, -0.15) is 0 Å². The van der Waals surface area contributed by atoms with Gasteiger partial charge in [0.05, 0.1) is 6.26 Å². The molecule has 0 aromatic carbocycles. The molecule has 0 radical (unpaired) electrons. The monoisotopic (exact) mass is 190 g/mol. The Morgan fingerprint density at radius 1 is 1.67 bits per heavy atom. The number of ether oxygens (including phenoxy) is 1. The van der Waals surface area contributed by atoms with Crippen molar-refractivity contribution in [2.45, 2.75) is 32.3 Å². The number of hydrogen-bond acceptors (Lipinski definition) is 1. The zero-order chi connectivity index (χ0) is 6.91. The van der Waals surface area contributed by atoms with Gasteiger partial charge in [-0.05, 0) is 26.7 Å². The summed E-state index contributed by atoms with van der Waals surface area (Å²) in [6.07, 6.45) is 4.00. The highest BCUT2D eigenvalue weighted by molar-refractivity contribution is 9.11. The molecule has 0 amide bonds. The van der Waals surface area contributed by atoms with E-state index in [1.165, 1.54) is 4.48 Å². The van der Waals surface area contributed by atoms with Crippen LogP contribution in [0.4, 0.5) is 0 Å². The van der Waals surface area contributed by atoms with Crippen LogP contribution in [0, 0.1) is 0 Å². The van der Waals surface area contributed by atoms with Crippen molar-refractivity contribution in [3.8, 4) is 0 Å². The fraction of sp³-hybridized carbons (Fsp3) is 0.714. The maximum atomic E-state index is 5.37. The molecule has 0 bridgehead atoms. The van der Waals surface area contributed by atoms with Gasteiger partial charge in [-0.15, -0.1) is 0 Å². The first-order valence-corrected chi connectivity index (χ1v) is 3.92. The Hall–Kier alpha value is 0.0200. The molecule has 0 aliphatic carbocycles. The average molecular weight is 191 g/mol. The fourth-order valence-corrected chi connectivity index (χ4v) is 1.05. The number of hydrogen-bond donors (Lipinski definition) is 0. The second kappa shape index (κ2) is 2.33. The third-order valence-electron chi connectivity index (χ3n) is 1.47. The van der Waals surface area contributed by atoms with Crippen LogP contribution in [0.2, 0.25) is 0 Å². The van der Waals surface area contributed by atoms with Gasteiger partial charge >= 0.3 is 0 Å². The molecule has 9 heavy (non-hydrogen) atoms. The fourth-order valence-electron chi connectivity index (χ4n) is 0.762. The third-order valence-corrected chi connectivity index (χ3v) is 2.06. The van der Waals surface area contributed by atoms with Crippen molar-refractivity contribution in [1.82, 2.24) is 0 Å². The zero-order valence-electron chi connectivity index (χ0n) is 5.78. The van der Waals surface area contributed by atoms with Crippen LogP contribution in [0.25, 0.3) is 0 Å². The Morgan fingerprint density at radius 3 is 2.67 bits per heavy atom. The maximum Gasteiger partial charge on any atom is 0.103 e. The number of allylic oxidation sites excluding steroid dienone is 1. The van der Waals surface area contributed by atoms with Crippen LogP contribution in [0.5, 0.6) is 0 Å². The highest BCUT2D eigenvalue weighted by atomic mass is 79.9. The topological polar surface area (TPSA) is 9.23 Å². The van der Waals surface area contributed by atoms with E-state index >= 15 is 0 Å². The van der Waals surface area contributed by atoms with E-state index < -0.39 is 0 Å². The smallest absolute Gasteiger partial charge is 0.103 e. The zero-order valence-corrected chi connectivity index (χ0v) is 7.36. The molecule has 0 saturated carbocycles. The van der Waals surface area contributed by atoms with E-state index in [4.69, 9.17) is 4.74 Å². The Labute approximate surface area is 64.2 Å². The van der Waals surface area contributed by atoms with E-state index in [2.05, 4.69) is 29.8 Å². The van der Waals surface area contributed by atoms with Crippen molar-refractivity contribution in [2.24, 2.45) is 0 Å². The van der Waals surface area contributed by atoms with Crippen molar-refractivity contribution in [3.05, 3.63) is 10.7 Å². The SMILES string of the molecule is CC1(C)CCC(Br)=CO1. The summed E-state index contributed by atoms with van der Waals surface area (Å²) in [6, 6.07) is 0. The van der Waals surface area contributed by atoms with Gasteiger partial charge in [-0.3, -0.25) is 0 Å². The summed E-state index contributed by atoms with van der Waals surface area (Å²) < 4.78 is 6.54. The quantitative estimate of drug-likeness (QED) is 0.572. The summed E-state index contributed by atoms with van der Waals surface area (Å²) in [6.45, 7) is 4.20. The van der Waals surface area contributed by atoms with Gasteiger partial charge in [0, 0.05) is 4.48 Å². The van der Waals surface area contributed by atoms with Crippen LogP contribution < -0.4 is 0 Å². The van der Waals surface area contributed by atoms with E-state index in [0.717, 1.165) is 12.8 Å². The molecule has 0 unspecified atom stereocenters. The van der Waals surface area contributed by atoms with Crippen molar-refractivity contribution in [3.63, 3.8) is 0 Å². The van der Waals surface area contributed by atoms with Crippen molar-refractivity contribution in [1.29, 1.82) is 0 Å². The molecule has 0 N–H and O–H groups in total. The molecular weight excluding hydrogens is 180 g/mol. The van der Waals surface area contributed by atoms with E-state index in [9.17, 15) is 0 Å². The van der Waals surface area contributed by atoms with Gasteiger partial charge in [0.1, 0.15) is 5.60 Å². The predicted molar refractivity (Wildman–Crippen MR) is 41.4 cm³/mol. The number of rotatable bonds is 0. The van der Waals surface area contributed by atoms with Crippen molar-refractivity contribution in [2.75, 3.05) is 0 Å². The first-order valence-electron chi connectivity index (χ1n) is 3.12. The Bertz CT molecular complexity index is 138. The minimum absolute atomic E-state index is 0.0528. The molecule has 0 spiro atoms. The molecule has 52 valence electrons. The van der Waals surface area contributed by atoms with Gasteiger partial charge in [0.2, 0.25) is 0 Å². The lowest BCUT2D eigenvalue weighted by Crippen LogP contribution is -2.24. The van der Waals surface area contributed by atoms with E-state index in [1.807, 2.05) is 0 Å². The largest absolute Gasteiger partial charge is 0.495 e. The van der Waals surface area contributed by atoms with Crippen LogP contribution >= 0.6 is 15.9 Å². The second-order valence-corrected chi connectivity index (χ2v) is 3.96. The molecule has 1 heterocycles. The second-order valence-electron chi connectivity index (χ2n) is 2.94. The summed E-state index contributed by atoms with van der Waals surface area (Å²) in [4.78, 5) is 0. The van der Waals surface area contributed by atoms with Crippen LogP contribution in [-0.2, 0) is 4.74 Å². The van der Waals surface area contributed by atoms with Crippen LogP contribution in [-0.4, -0.2) is 5.60 Å². The standard InChI is InChI=1S/C7H11BrO/c1-7(2)4-3-6(8)5-9-7/h5H,3-4H2,1-2H3. The Morgan fingerprint density at radius 2 is 2.33 bits per heavy atom. The first kappa shape index (κ1) is 7.13. The van der Waals surface area contributed by atoms with Gasteiger partial charge in [-0.1, -0.05) is 15.9 Å². The molecule has 0 atom stereocenters. The molecule has 2 heteroatoms. The molecule has 1 aliphatic rings. The van der Waals surface area contributed by atoms with Crippen molar-refractivity contribution >= 4 is 15.9 Å². The minimum atomic E-state index is 0.0528. The molecule has 0 saturated heterocycles. The molecule has 1 nitrogen and oxygen atoms in total. The highest BCUT2D eigenvalue weighted by Crippen LogP contribution is 2.28. The van der Waals surface area contributed by atoms with Gasteiger partial charge < -0.3 is 4.74 Å². The molecule has 1 rings (SSSR count). The summed E-state index contributed by atoms with van der Waals surface area (Å²) >= 11 is 3.38. The van der Waals surface area contributed by atoms with Gasteiger partial charge in [-0.25, -0.2) is 0 Å². The molecule has 0 aromatic rings. The van der Waals surface area contributed by atoms with E-state index in [-0.39, 0.29) is 5.60 Å². The third kappa shape index (κ3) is 2.01. The first-order chi connectivity index (χ1) is 4.10. The Balaban J connectivity index is 2.56. The van der Waals surface area contributed by atoms with Gasteiger partial charge in [0.25, 0.3) is 0 Å². The normalized spacial score (nSPS) is 24.6. The predicted octanol–water partition coefficient (Wildman–Crippen LogP) is 2.81. The summed E-state index contributed by atoms with van der Waals surface area (Å²) in [7, 11) is 0. The lowest BCUT2D eigenvalue weighted by Gasteiger charge is -2.27. The summed E-state index contributed by atoms with van der Waals surface area (Å²) in [5.74, 6) is 0. The Kier molecular flexibility index (Phi) is 1.85. The van der Waals surface area contributed by atoms with Crippen LogP contribution in [0.1, 0.15) is 26.7 Å². The lowest BCUT2D eigenvalue weighted by atomic mass is 10.0. The minimum Gasteiger partial charge on any atom is -0.495 e. The summed E-state index contributed by atoms with van der Waals surface area (Å²) in [5, 5.41) is 0. The maximum absolute atomic E-state index is 5.37. The average Bonchev–Trinajstić information content (AvgIpc) is 1.78. The van der Waals surface area contributed by atoms with Crippen molar-refractivity contribution < 1.29 is 4.74 Å². The molecule has 1 aliphatic heterocycles. The molecule has 0 fully saturated rings. The van der Waals surface area contributed by atoms with E-state index in [1.54, 1.807) is 6.26 Å². The lowest BCUT2D eigenvalue weighted by molar-refractivity contribution is 0.0388. The number of halogens is 1. The van der Waals surface area contributed by atoms with Crippen LogP contribution in [0.3, 0.4) is 0 Å². The van der Waals surface area contributed by atoms with Gasteiger partial charge in [0.15, 0.2) is 0 Å². The highest BCUT2D eigenvalue weighted by Gasteiger charge is 2.21. The molecule has 0 aromatic heterocycles. The summed E-state index contributed by atoms with van der Waals surface area (Å²) in [5.41, 5.74) is 0.0528. The van der Waals surface area contributed by atoms with Crippen LogP contribution in [0.15, 0.2) is 10.7 Å². The molecular formula is C7H11BrO. The van der Waals surface area contributed by atoms with E-state index in [0.29, 0.717) is 0 Å².